The Balaban J connectivity index is 1.51. The van der Waals surface area contributed by atoms with Gasteiger partial charge in [0, 0.05) is 37.9 Å². The fraction of sp³-hybridized carbons (Fsp3) is 0.471. The molecule has 1 amide bonds. The van der Waals surface area contributed by atoms with Crippen LogP contribution in [-0.4, -0.2) is 42.1 Å². The predicted octanol–water partition coefficient (Wildman–Crippen LogP) is 2.21. The van der Waals surface area contributed by atoms with Crippen LogP contribution in [0.1, 0.15) is 35.3 Å². The first kappa shape index (κ1) is 16.3. The van der Waals surface area contributed by atoms with Gasteiger partial charge in [-0.15, -0.1) is 0 Å². The maximum absolute atomic E-state index is 11.8. The van der Waals surface area contributed by atoms with Crippen molar-refractivity contribution in [2.75, 3.05) is 36.4 Å². The van der Waals surface area contributed by atoms with E-state index in [4.69, 9.17) is 4.42 Å². The molecule has 1 aliphatic rings. The Hall–Kier alpha value is -2.57. The molecule has 2 aromatic rings. The van der Waals surface area contributed by atoms with Gasteiger partial charge in [0.25, 0.3) is 5.91 Å². The first-order valence-corrected chi connectivity index (χ1v) is 8.37. The molecule has 24 heavy (non-hydrogen) atoms. The van der Waals surface area contributed by atoms with Crippen LogP contribution < -0.4 is 15.5 Å². The van der Waals surface area contributed by atoms with E-state index in [9.17, 15) is 4.79 Å². The molecule has 0 spiro atoms. The van der Waals surface area contributed by atoms with E-state index in [1.807, 2.05) is 13.0 Å². The number of carbonyl (C=O) groups is 1. The lowest BCUT2D eigenvalue weighted by Gasteiger charge is -2.28. The van der Waals surface area contributed by atoms with Gasteiger partial charge in [0.05, 0.1) is 11.8 Å². The van der Waals surface area contributed by atoms with E-state index in [0.29, 0.717) is 24.6 Å². The van der Waals surface area contributed by atoms with Gasteiger partial charge in [0.15, 0.2) is 0 Å². The molecule has 2 N–H and O–H groups in total. The first-order valence-electron chi connectivity index (χ1n) is 8.37. The molecule has 7 heteroatoms. The zero-order valence-corrected chi connectivity index (χ0v) is 13.9. The topological polar surface area (TPSA) is 83.3 Å². The van der Waals surface area contributed by atoms with E-state index >= 15 is 0 Å². The predicted molar refractivity (Wildman–Crippen MR) is 92.4 cm³/mol. The highest BCUT2D eigenvalue weighted by Crippen LogP contribution is 2.19. The van der Waals surface area contributed by atoms with Crippen LogP contribution in [0.2, 0.25) is 0 Å². The van der Waals surface area contributed by atoms with Crippen molar-refractivity contribution >= 4 is 17.7 Å². The Labute approximate surface area is 141 Å². The second-order valence-electron chi connectivity index (χ2n) is 5.93. The number of piperidine rings is 1. The minimum atomic E-state index is -0.148. The first-order chi connectivity index (χ1) is 11.7. The van der Waals surface area contributed by atoms with Crippen molar-refractivity contribution in [1.29, 1.82) is 0 Å². The van der Waals surface area contributed by atoms with Crippen LogP contribution in [0.15, 0.2) is 29.1 Å². The quantitative estimate of drug-likeness (QED) is 0.791. The standard InChI is InChI=1S/C17H23N5O2/c1-13-11-15(22-8-3-2-4-9-22)21-17(20-13)19-7-6-18-16(23)14-5-10-24-12-14/h5,10-12H,2-4,6-9H2,1H3,(H,18,23)(H,19,20,21). The summed E-state index contributed by atoms with van der Waals surface area (Å²) in [4.78, 5) is 23.1. The number of anilines is 2. The average Bonchev–Trinajstić information content (AvgIpc) is 3.14. The summed E-state index contributed by atoms with van der Waals surface area (Å²) in [5, 5.41) is 6.00. The lowest BCUT2D eigenvalue weighted by Crippen LogP contribution is -2.31. The van der Waals surface area contributed by atoms with Gasteiger partial charge in [-0.1, -0.05) is 0 Å². The largest absolute Gasteiger partial charge is 0.472 e. The molecule has 3 rings (SSSR count). The summed E-state index contributed by atoms with van der Waals surface area (Å²) in [7, 11) is 0. The Morgan fingerprint density at radius 3 is 2.83 bits per heavy atom. The Kier molecular flexibility index (Phi) is 5.30. The fourth-order valence-electron chi connectivity index (χ4n) is 2.76. The van der Waals surface area contributed by atoms with Crippen LogP contribution in [0.5, 0.6) is 0 Å². The fourth-order valence-corrected chi connectivity index (χ4v) is 2.76. The number of hydrogen-bond donors (Lipinski definition) is 2. The molecule has 128 valence electrons. The van der Waals surface area contributed by atoms with Crippen molar-refractivity contribution in [2.45, 2.75) is 26.2 Å². The third-order valence-electron chi connectivity index (χ3n) is 4.00. The van der Waals surface area contributed by atoms with Crippen LogP contribution >= 0.6 is 0 Å². The lowest BCUT2D eigenvalue weighted by molar-refractivity contribution is 0.0954. The zero-order valence-electron chi connectivity index (χ0n) is 13.9. The molecule has 1 fully saturated rings. The van der Waals surface area contributed by atoms with Crippen molar-refractivity contribution in [3.63, 3.8) is 0 Å². The van der Waals surface area contributed by atoms with E-state index < -0.39 is 0 Å². The molecule has 0 aromatic carbocycles. The van der Waals surface area contributed by atoms with Crippen LogP contribution in [-0.2, 0) is 0 Å². The molecular weight excluding hydrogens is 306 g/mol. The number of nitrogens with one attached hydrogen (secondary N) is 2. The van der Waals surface area contributed by atoms with Gasteiger partial charge in [-0.3, -0.25) is 4.79 Å². The molecule has 2 aromatic heterocycles. The Morgan fingerprint density at radius 1 is 1.25 bits per heavy atom. The summed E-state index contributed by atoms with van der Waals surface area (Å²) in [5.74, 6) is 1.44. The van der Waals surface area contributed by atoms with Crippen LogP contribution in [0.25, 0.3) is 0 Å². The van der Waals surface area contributed by atoms with Crippen molar-refractivity contribution in [2.24, 2.45) is 0 Å². The molecule has 0 aliphatic carbocycles. The molecule has 3 heterocycles. The summed E-state index contributed by atoms with van der Waals surface area (Å²) in [6.07, 6.45) is 6.63. The maximum atomic E-state index is 11.8. The third-order valence-corrected chi connectivity index (χ3v) is 4.00. The Morgan fingerprint density at radius 2 is 2.08 bits per heavy atom. The normalized spacial score (nSPS) is 14.5. The molecule has 0 radical (unpaired) electrons. The second-order valence-corrected chi connectivity index (χ2v) is 5.93. The number of aromatic nitrogens is 2. The van der Waals surface area contributed by atoms with E-state index in [1.54, 1.807) is 6.07 Å². The van der Waals surface area contributed by atoms with E-state index in [2.05, 4.69) is 25.5 Å². The summed E-state index contributed by atoms with van der Waals surface area (Å²) in [5.41, 5.74) is 1.46. The van der Waals surface area contributed by atoms with Crippen LogP contribution in [0.4, 0.5) is 11.8 Å². The van der Waals surface area contributed by atoms with Gasteiger partial charge in [0.1, 0.15) is 12.1 Å². The summed E-state index contributed by atoms with van der Waals surface area (Å²) in [6, 6.07) is 3.66. The third kappa shape index (κ3) is 4.24. The van der Waals surface area contributed by atoms with Crippen molar-refractivity contribution in [1.82, 2.24) is 15.3 Å². The highest BCUT2D eigenvalue weighted by atomic mass is 16.3. The second kappa shape index (κ2) is 7.81. The molecule has 0 unspecified atom stereocenters. The van der Waals surface area contributed by atoms with Gasteiger partial charge in [0.2, 0.25) is 5.95 Å². The van der Waals surface area contributed by atoms with E-state index in [-0.39, 0.29) is 5.91 Å². The number of rotatable bonds is 6. The summed E-state index contributed by atoms with van der Waals surface area (Å²) < 4.78 is 4.89. The molecule has 0 atom stereocenters. The van der Waals surface area contributed by atoms with Gasteiger partial charge >= 0.3 is 0 Å². The number of hydrogen-bond acceptors (Lipinski definition) is 6. The van der Waals surface area contributed by atoms with Gasteiger partial charge in [-0.2, -0.15) is 4.98 Å². The highest BCUT2D eigenvalue weighted by Gasteiger charge is 2.13. The molecular formula is C17H23N5O2. The van der Waals surface area contributed by atoms with Crippen molar-refractivity contribution in [3.8, 4) is 0 Å². The summed E-state index contributed by atoms with van der Waals surface area (Å²) in [6.45, 7) is 5.13. The monoisotopic (exact) mass is 329 g/mol. The Bertz CT molecular complexity index is 666. The lowest BCUT2D eigenvalue weighted by atomic mass is 10.1. The number of aryl methyl sites for hydroxylation is 1. The average molecular weight is 329 g/mol. The number of amides is 1. The van der Waals surface area contributed by atoms with E-state index in [0.717, 1.165) is 24.6 Å². The smallest absolute Gasteiger partial charge is 0.254 e. The number of furan rings is 1. The molecule has 0 bridgehead atoms. The highest BCUT2D eigenvalue weighted by molar-refractivity contribution is 5.93. The van der Waals surface area contributed by atoms with Gasteiger partial charge in [-0.05, 0) is 32.3 Å². The van der Waals surface area contributed by atoms with Crippen LogP contribution in [0.3, 0.4) is 0 Å². The molecule has 1 aliphatic heterocycles. The number of nitrogens with zero attached hydrogens (tertiary/aromatic N) is 3. The van der Waals surface area contributed by atoms with Gasteiger partial charge in [-0.25, -0.2) is 4.98 Å². The van der Waals surface area contributed by atoms with E-state index in [1.165, 1.54) is 31.8 Å². The minimum absolute atomic E-state index is 0.148. The molecule has 0 saturated carbocycles. The van der Waals surface area contributed by atoms with Gasteiger partial charge < -0.3 is 20.0 Å². The van der Waals surface area contributed by atoms with Crippen molar-refractivity contribution < 1.29 is 9.21 Å². The summed E-state index contributed by atoms with van der Waals surface area (Å²) >= 11 is 0. The SMILES string of the molecule is Cc1cc(N2CCCCC2)nc(NCCNC(=O)c2ccoc2)n1. The van der Waals surface area contributed by atoms with Crippen molar-refractivity contribution in [3.05, 3.63) is 35.9 Å². The molecule has 1 saturated heterocycles. The minimum Gasteiger partial charge on any atom is -0.472 e. The maximum Gasteiger partial charge on any atom is 0.254 e. The van der Waals surface area contributed by atoms with Crippen LogP contribution in [0, 0.1) is 6.92 Å². The molecule has 7 nitrogen and oxygen atoms in total. The zero-order chi connectivity index (χ0) is 16.8. The number of carbonyl (C=O) groups excluding carboxylic acids is 1.